The van der Waals surface area contributed by atoms with Gasteiger partial charge in [-0.3, -0.25) is 0 Å². The summed E-state index contributed by atoms with van der Waals surface area (Å²) in [5, 5.41) is 7.47. The molecule has 32 heavy (non-hydrogen) atoms. The molecule has 4 rings (SSSR count). The third-order valence-corrected chi connectivity index (χ3v) is 6.11. The zero-order valence-electron chi connectivity index (χ0n) is 18.8. The van der Waals surface area contributed by atoms with E-state index in [1.165, 1.54) is 11.1 Å². The molecule has 1 aliphatic carbocycles. The van der Waals surface area contributed by atoms with Gasteiger partial charge in [0.15, 0.2) is 28.1 Å². The van der Waals surface area contributed by atoms with E-state index < -0.39 is 0 Å². The van der Waals surface area contributed by atoms with Crippen LogP contribution in [0.3, 0.4) is 0 Å². The first-order valence-electron chi connectivity index (χ1n) is 10.5. The minimum absolute atomic E-state index is 0.0207. The Morgan fingerprint density at radius 1 is 0.844 bits per heavy atom. The average molecular weight is 453 g/mol. The number of thiocarbonyl (C=S) groups is 1. The fourth-order valence-corrected chi connectivity index (χ4v) is 4.57. The molecular formula is C25H28N2O4S. The molecule has 1 aliphatic heterocycles. The molecule has 2 aromatic rings. The van der Waals surface area contributed by atoms with Crippen molar-refractivity contribution in [2.24, 2.45) is 0 Å². The van der Waals surface area contributed by atoms with E-state index in [4.69, 9.17) is 31.2 Å². The first-order valence-corrected chi connectivity index (χ1v) is 10.9. The first kappa shape index (κ1) is 22.0. The minimum Gasteiger partial charge on any atom is -0.493 e. The number of allylic oxidation sites excluding steroid dienone is 1. The van der Waals surface area contributed by atoms with Crippen molar-refractivity contribution in [3.05, 3.63) is 64.4 Å². The lowest BCUT2D eigenvalue weighted by atomic mass is 9.83. The molecule has 0 amide bonds. The highest BCUT2D eigenvalue weighted by Crippen LogP contribution is 2.41. The summed E-state index contributed by atoms with van der Waals surface area (Å²) in [6.07, 6.45) is 5.22. The number of nitrogens with one attached hydrogen (secondary N) is 2. The van der Waals surface area contributed by atoms with Gasteiger partial charge >= 0.3 is 0 Å². The van der Waals surface area contributed by atoms with Gasteiger partial charge in [-0.2, -0.15) is 0 Å². The van der Waals surface area contributed by atoms with Crippen LogP contribution in [0.1, 0.15) is 36.4 Å². The lowest BCUT2D eigenvalue weighted by Crippen LogP contribution is -2.45. The molecule has 1 heterocycles. The SMILES string of the molecule is COc1ccc(/C=C2\CCCC3=C2NC(=S)NC3c2ccc(OC)c(OC)c2)cc1OC. The van der Waals surface area contributed by atoms with Gasteiger partial charge in [0.05, 0.1) is 34.5 Å². The third kappa shape index (κ3) is 4.25. The Morgan fingerprint density at radius 2 is 1.50 bits per heavy atom. The van der Waals surface area contributed by atoms with E-state index in [0.717, 1.165) is 36.1 Å². The Hall–Kier alpha value is -3.19. The van der Waals surface area contributed by atoms with E-state index in [1.54, 1.807) is 28.4 Å². The molecule has 2 N–H and O–H groups in total. The molecule has 1 atom stereocenters. The highest BCUT2D eigenvalue weighted by atomic mass is 32.1. The maximum Gasteiger partial charge on any atom is 0.171 e. The number of ether oxygens (including phenoxy) is 4. The molecule has 0 bridgehead atoms. The van der Waals surface area contributed by atoms with Crippen molar-refractivity contribution >= 4 is 23.4 Å². The lowest BCUT2D eigenvalue weighted by molar-refractivity contribution is 0.354. The predicted octanol–water partition coefficient (Wildman–Crippen LogP) is 4.76. The van der Waals surface area contributed by atoms with Crippen molar-refractivity contribution in [1.29, 1.82) is 0 Å². The Labute approximate surface area is 194 Å². The maximum atomic E-state index is 5.57. The van der Waals surface area contributed by atoms with Crippen molar-refractivity contribution in [3.63, 3.8) is 0 Å². The summed E-state index contributed by atoms with van der Waals surface area (Å²) in [6.45, 7) is 0. The molecule has 0 spiro atoms. The second-order valence-corrected chi connectivity index (χ2v) is 8.09. The van der Waals surface area contributed by atoms with Crippen molar-refractivity contribution < 1.29 is 18.9 Å². The van der Waals surface area contributed by atoms with Crippen LogP contribution in [0.15, 0.2) is 53.2 Å². The van der Waals surface area contributed by atoms with Gasteiger partial charge in [-0.15, -0.1) is 0 Å². The predicted molar refractivity (Wildman–Crippen MR) is 130 cm³/mol. The van der Waals surface area contributed by atoms with Gasteiger partial charge in [-0.05, 0) is 84.1 Å². The summed E-state index contributed by atoms with van der Waals surface area (Å²) in [5.74, 6) is 2.84. The van der Waals surface area contributed by atoms with E-state index >= 15 is 0 Å². The molecule has 2 aromatic carbocycles. The molecule has 7 heteroatoms. The highest BCUT2D eigenvalue weighted by molar-refractivity contribution is 7.80. The van der Waals surface area contributed by atoms with Crippen LogP contribution in [-0.2, 0) is 0 Å². The monoisotopic (exact) mass is 452 g/mol. The molecule has 6 nitrogen and oxygen atoms in total. The first-order chi connectivity index (χ1) is 15.6. The van der Waals surface area contributed by atoms with Crippen LogP contribution in [-0.4, -0.2) is 33.6 Å². The van der Waals surface area contributed by atoms with Crippen LogP contribution >= 0.6 is 12.2 Å². The van der Waals surface area contributed by atoms with Gasteiger partial charge in [-0.1, -0.05) is 12.1 Å². The maximum absolute atomic E-state index is 5.57. The van der Waals surface area contributed by atoms with Gasteiger partial charge < -0.3 is 29.6 Å². The number of rotatable bonds is 6. The minimum atomic E-state index is -0.0207. The highest BCUT2D eigenvalue weighted by Gasteiger charge is 2.31. The molecule has 0 saturated carbocycles. The summed E-state index contributed by atoms with van der Waals surface area (Å²) in [7, 11) is 6.58. The van der Waals surface area contributed by atoms with Crippen LogP contribution in [0, 0.1) is 0 Å². The largest absolute Gasteiger partial charge is 0.493 e. The number of hydrogen-bond donors (Lipinski definition) is 2. The van der Waals surface area contributed by atoms with Crippen molar-refractivity contribution in [2.75, 3.05) is 28.4 Å². The zero-order chi connectivity index (χ0) is 22.7. The fraction of sp³-hybridized carbons (Fsp3) is 0.320. The average Bonchev–Trinajstić information content (AvgIpc) is 2.83. The van der Waals surface area contributed by atoms with E-state index in [2.05, 4.69) is 22.8 Å². The Morgan fingerprint density at radius 3 is 2.19 bits per heavy atom. The number of hydrogen-bond acceptors (Lipinski definition) is 5. The molecule has 0 fully saturated rings. The summed E-state index contributed by atoms with van der Waals surface area (Å²) < 4.78 is 21.8. The summed E-state index contributed by atoms with van der Waals surface area (Å²) >= 11 is 5.57. The molecule has 0 saturated heterocycles. The topological polar surface area (TPSA) is 61.0 Å². The normalized spacial score (nSPS) is 19.1. The van der Waals surface area contributed by atoms with Crippen LogP contribution in [0.2, 0.25) is 0 Å². The van der Waals surface area contributed by atoms with Crippen LogP contribution < -0.4 is 29.6 Å². The van der Waals surface area contributed by atoms with E-state index in [0.29, 0.717) is 28.1 Å². The Bertz CT molecular complexity index is 1090. The van der Waals surface area contributed by atoms with Gasteiger partial charge in [0.2, 0.25) is 0 Å². The van der Waals surface area contributed by atoms with E-state index in [9.17, 15) is 0 Å². The van der Waals surface area contributed by atoms with Gasteiger partial charge in [0.1, 0.15) is 0 Å². The second kappa shape index (κ2) is 9.53. The van der Waals surface area contributed by atoms with Gasteiger partial charge in [-0.25, -0.2) is 0 Å². The van der Waals surface area contributed by atoms with Crippen LogP contribution in [0.5, 0.6) is 23.0 Å². The standard InChI is InChI=1S/C25H28N2O4S/c1-28-19-10-8-15(13-21(19)30-3)12-16-6-5-7-18-23(16)26-25(32)27-24(18)17-9-11-20(29-2)22(14-17)31-4/h8-14,24H,5-7H2,1-4H3,(H2,26,27,32)/b16-12+. The molecule has 0 radical (unpaired) electrons. The summed E-state index contributed by atoms with van der Waals surface area (Å²) in [4.78, 5) is 0. The fourth-order valence-electron chi connectivity index (χ4n) is 4.35. The summed E-state index contributed by atoms with van der Waals surface area (Å²) in [6, 6.07) is 11.9. The second-order valence-electron chi connectivity index (χ2n) is 7.68. The summed E-state index contributed by atoms with van der Waals surface area (Å²) in [5.41, 5.74) is 5.78. The van der Waals surface area contributed by atoms with E-state index in [-0.39, 0.29) is 6.04 Å². The van der Waals surface area contributed by atoms with Crippen molar-refractivity contribution in [1.82, 2.24) is 10.6 Å². The molecule has 1 unspecified atom stereocenters. The molecule has 0 aromatic heterocycles. The number of methoxy groups -OCH3 is 4. The van der Waals surface area contributed by atoms with Crippen LogP contribution in [0.4, 0.5) is 0 Å². The quantitative estimate of drug-likeness (QED) is 0.613. The third-order valence-electron chi connectivity index (χ3n) is 5.89. The van der Waals surface area contributed by atoms with Crippen LogP contribution in [0.25, 0.3) is 6.08 Å². The van der Waals surface area contributed by atoms with Crippen molar-refractivity contribution in [3.8, 4) is 23.0 Å². The van der Waals surface area contributed by atoms with Crippen molar-refractivity contribution in [2.45, 2.75) is 25.3 Å². The molecule has 168 valence electrons. The molecule has 2 aliphatic rings. The van der Waals surface area contributed by atoms with E-state index in [1.807, 2.05) is 30.3 Å². The number of benzene rings is 2. The smallest absolute Gasteiger partial charge is 0.171 e. The zero-order valence-corrected chi connectivity index (χ0v) is 19.6. The van der Waals surface area contributed by atoms with Gasteiger partial charge in [0, 0.05) is 5.70 Å². The Balaban J connectivity index is 1.75. The Kier molecular flexibility index (Phi) is 6.55. The lowest BCUT2D eigenvalue weighted by Gasteiger charge is -2.36. The van der Waals surface area contributed by atoms with Gasteiger partial charge in [0.25, 0.3) is 0 Å². The molecular weight excluding hydrogens is 424 g/mol.